The van der Waals surface area contributed by atoms with Crippen LogP contribution >= 0.6 is 0 Å². The Morgan fingerprint density at radius 2 is 1.90 bits per heavy atom. The van der Waals surface area contributed by atoms with Crippen molar-refractivity contribution in [1.82, 2.24) is 9.97 Å². The molecule has 0 spiro atoms. The van der Waals surface area contributed by atoms with Crippen LogP contribution in [-0.2, 0) is 11.2 Å². The number of carbonyl (C=O) groups excluding carboxylic acids is 1. The number of aliphatic carboxylic acids is 1. The third kappa shape index (κ3) is 5.39. The van der Waals surface area contributed by atoms with Gasteiger partial charge in [-0.1, -0.05) is 19.1 Å². The number of carboxylic acid groups (broad SMARTS) is 1. The number of aromatic nitrogens is 2. The Labute approximate surface area is 222 Å². The van der Waals surface area contributed by atoms with Gasteiger partial charge in [0.1, 0.15) is 0 Å². The van der Waals surface area contributed by atoms with E-state index in [1.54, 1.807) is 24.5 Å². The number of hydrogen-bond donors (Lipinski definition) is 1. The number of ether oxygens (including phenoxy) is 2. The molecule has 0 saturated heterocycles. The molecular weight excluding hydrogens is 515 g/mol. The highest BCUT2D eigenvalue weighted by atomic mass is 19.4. The van der Waals surface area contributed by atoms with Crippen molar-refractivity contribution in [2.75, 3.05) is 18.2 Å². The summed E-state index contributed by atoms with van der Waals surface area (Å²) in [6.45, 7) is 2.91. The molecule has 39 heavy (non-hydrogen) atoms. The Kier molecular flexibility index (Phi) is 6.92. The molecule has 11 heteroatoms. The van der Waals surface area contributed by atoms with Crippen LogP contribution in [0.15, 0.2) is 48.8 Å². The number of Topliss-reactive ketones (excluding diaryl/α,β-unsaturated/α-hetero) is 1. The quantitative estimate of drug-likeness (QED) is 0.373. The van der Waals surface area contributed by atoms with Gasteiger partial charge in [-0.3, -0.25) is 14.6 Å². The minimum atomic E-state index is -4.66. The van der Waals surface area contributed by atoms with Gasteiger partial charge in [-0.2, -0.15) is 13.2 Å². The normalized spacial score (nSPS) is 18.1. The lowest BCUT2D eigenvalue weighted by Crippen LogP contribution is -2.41. The monoisotopic (exact) mass is 541 g/mol. The number of ketones is 1. The van der Waals surface area contributed by atoms with Crippen LogP contribution in [0.1, 0.15) is 48.5 Å². The van der Waals surface area contributed by atoms with E-state index in [4.69, 9.17) is 9.47 Å². The molecule has 2 heterocycles. The lowest BCUT2D eigenvalue weighted by Gasteiger charge is -2.36. The number of aryl methyl sites for hydroxylation is 1. The molecule has 1 atom stereocenters. The van der Waals surface area contributed by atoms with Gasteiger partial charge in [-0.25, -0.2) is 4.98 Å². The maximum Gasteiger partial charge on any atom is 0.390 e. The van der Waals surface area contributed by atoms with Crippen molar-refractivity contribution < 1.29 is 37.3 Å². The molecule has 1 aliphatic carbocycles. The van der Waals surface area contributed by atoms with Crippen LogP contribution in [0.25, 0.3) is 11.3 Å². The standard InChI is InChI=1S/C28H26F3N3O5/c1-2-9-34(19-4-6-22-23(11-19)39-16-38-22)24-14-32-21(13-33-24)18-3-5-20-17(10-18)7-8-27(26(20)37,12-25(35)36)15-28(29,30)31/h3-6,10-11,13-14H,2,7-9,12,15-16H2,1H3,(H,35,36). The first-order chi connectivity index (χ1) is 18.6. The van der Waals surface area contributed by atoms with Gasteiger partial charge >= 0.3 is 12.1 Å². The van der Waals surface area contributed by atoms with Crippen LogP contribution < -0.4 is 14.4 Å². The minimum Gasteiger partial charge on any atom is -0.481 e. The molecule has 2 aromatic carbocycles. The summed E-state index contributed by atoms with van der Waals surface area (Å²) in [5, 5.41) is 9.25. The van der Waals surface area contributed by atoms with Crippen molar-refractivity contribution in [2.45, 2.75) is 45.2 Å². The van der Waals surface area contributed by atoms with Gasteiger partial charge in [0.05, 0.1) is 36.3 Å². The Morgan fingerprint density at radius 1 is 1.10 bits per heavy atom. The number of fused-ring (bicyclic) bond motifs is 2. The number of rotatable bonds is 8. The molecule has 5 rings (SSSR count). The van der Waals surface area contributed by atoms with Crippen LogP contribution in [-0.4, -0.2) is 46.3 Å². The molecule has 0 fully saturated rings. The molecule has 0 radical (unpaired) electrons. The second kappa shape index (κ2) is 10.2. The van der Waals surface area contributed by atoms with Crippen molar-refractivity contribution in [3.05, 3.63) is 59.9 Å². The Balaban J connectivity index is 1.40. The molecule has 8 nitrogen and oxygen atoms in total. The fraction of sp³-hybridized carbons (Fsp3) is 0.357. The molecule has 0 saturated carbocycles. The average molecular weight is 542 g/mol. The second-order valence-electron chi connectivity index (χ2n) is 9.79. The van der Waals surface area contributed by atoms with Crippen LogP contribution in [0.4, 0.5) is 24.7 Å². The van der Waals surface area contributed by atoms with Gasteiger partial charge in [-0.05, 0) is 43.0 Å². The number of carboxylic acids is 1. The van der Waals surface area contributed by atoms with Crippen LogP contribution in [0.3, 0.4) is 0 Å². The number of nitrogens with zero attached hydrogens (tertiary/aromatic N) is 3. The molecule has 1 aliphatic heterocycles. The Bertz CT molecular complexity index is 1410. The Morgan fingerprint density at radius 3 is 2.59 bits per heavy atom. The summed E-state index contributed by atoms with van der Waals surface area (Å²) < 4.78 is 50.8. The Hall–Kier alpha value is -4.15. The van der Waals surface area contributed by atoms with Gasteiger partial charge in [0.25, 0.3) is 0 Å². The molecule has 1 aromatic heterocycles. The first-order valence-electron chi connectivity index (χ1n) is 12.5. The van der Waals surface area contributed by atoms with Crippen molar-refractivity contribution in [3.63, 3.8) is 0 Å². The van der Waals surface area contributed by atoms with Crippen molar-refractivity contribution in [3.8, 4) is 22.8 Å². The molecule has 2 aliphatic rings. The zero-order valence-electron chi connectivity index (χ0n) is 21.1. The highest BCUT2D eigenvalue weighted by Gasteiger charge is 2.51. The van der Waals surface area contributed by atoms with Crippen LogP contribution in [0.5, 0.6) is 11.5 Å². The lowest BCUT2D eigenvalue weighted by molar-refractivity contribution is -0.160. The summed E-state index contributed by atoms with van der Waals surface area (Å²) >= 11 is 0. The zero-order valence-corrected chi connectivity index (χ0v) is 21.1. The predicted octanol–water partition coefficient (Wildman–Crippen LogP) is 5.96. The molecule has 1 unspecified atom stereocenters. The fourth-order valence-electron chi connectivity index (χ4n) is 5.29. The van der Waals surface area contributed by atoms with E-state index in [9.17, 15) is 27.9 Å². The molecule has 1 N–H and O–H groups in total. The summed E-state index contributed by atoms with van der Waals surface area (Å²) in [6, 6.07) is 10.4. The second-order valence-corrected chi connectivity index (χ2v) is 9.79. The summed E-state index contributed by atoms with van der Waals surface area (Å²) in [7, 11) is 0. The summed E-state index contributed by atoms with van der Waals surface area (Å²) in [6.07, 6.45) is -2.93. The van der Waals surface area contributed by atoms with Crippen molar-refractivity contribution >= 4 is 23.3 Å². The van der Waals surface area contributed by atoms with E-state index in [1.165, 1.54) is 6.07 Å². The third-order valence-electron chi connectivity index (χ3n) is 7.06. The van der Waals surface area contributed by atoms with Gasteiger partial charge < -0.3 is 19.5 Å². The highest BCUT2D eigenvalue weighted by Crippen LogP contribution is 2.46. The van der Waals surface area contributed by atoms with E-state index in [1.807, 2.05) is 23.1 Å². The highest BCUT2D eigenvalue weighted by molar-refractivity contribution is 6.04. The topological polar surface area (TPSA) is 102 Å². The molecule has 0 bridgehead atoms. The molecule has 3 aromatic rings. The van der Waals surface area contributed by atoms with E-state index in [2.05, 4.69) is 16.9 Å². The average Bonchev–Trinajstić information content (AvgIpc) is 3.36. The van der Waals surface area contributed by atoms with E-state index in [0.29, 0.717) is 40.7 Å². The summed E-state index contributed by atoms with van der Waals surface area (Å²) in [5.74, 6) is -0.250. The third-order valence-corrected chi connectivity index (χ3v) is 7.06. The van der Waals surface area contributed by atoms with Gasteiger partial charge in [-0.15, -0.1) is 0 Å². The number of carbonyl (C=O) groups is 2. The number of hydrogen-bond acceptors (Lipinski definition) is 7. The first kappa shape index (κ1) is 26.5. The van der Waals surface area contributed by atoms with E-state index < -0.39 is 36.2 Å². The maximum absolute atomic E-state index is 13.3. The number of anilines is 2. The van der Waals surface area contributed by atoms with Crippen LogP contribution in [0, 0.1) is 5.41 Å². The number of halogens is 3. The number of benzene rings is 2. The zero-order chi connectivity index (χ0) is 27.8. The molecular formula is C28H26F3N3O5. The maximum atomic E-state index is 13.3. The van der Waals surface area contributed by atoms with E-state index in [-0.39, 0.29) is 25.2 Å². The lowest BCUT2D eigenvalue weighted by atomic mass is 9.66. The number of alkyl halides is 3. The van der Waals surface area contributed by atoms with Crippen LogP contribution in [0.2, 0.25) is 0 Å². The van der Waals surface area contributed by atoms with E-state index in [0.717, 1.165) is 12.1 Å². The van der Waals surface area contributed by atoms with Crippen molar-refractivity contribution in [1.29, 1.82) is 0 Å². The fourth-order valence-corrected chi connectivity index (χ4v) is 5.29. The van der Waals surface area contributed by atoms with Gasteiger partial charge in [0.2, 0.25) is 6.79 Å². The molecule has 0 amide bonds. The minimum absolute atomic E-state index is 0.122. The van der Waals surface area contributed by atoms with E-state index >= 15 is 0 Å². The van der Waals surface area contributed by atoms with Gasteiger partial charge in [0, 0.05) is 29.4 Å². The molecule has 204 valence electrons. The predicted molar refractivity (Wildman–Crippen MR) is 135 cm³/mol. The summed E-state index contributed by atoms with van der Waals surface area (Å²) in [5.41, 5.74) is 0.758. The SMILES string of the molecule is CCCN(c1ccc2c(c1)OCO2)c1cnc(-c2ccc3c(c2)CCC(CC(=O)O)(CC(F)(F)F)C3=O)cn1. The smallest absolute Gasteiger partial charge is 0.390 e. The van der Waals surface area contributed by atoms with Gasteiger partial charge in [0.15, 0.2) is 23.1 Å². The summed E-state index contributed by atoms with van der Waals surface area (Å²) in [4.78, 5) is 35.7. The first-order valence-corrected chi connectivity index (χ1v) is 12.5. The van der Waals surface area contributed by atoms with Crippen molar-refractivity contribution in [2.24, 2.45) is 5.41 Å². The largest absolute Gasteiger partial charge is 0.481 e.